The van der Waals surface area contributed by atoms with Crippen molar-refractivity contribution in [1.82, 2.24) is 10.2 Å². The molecule has 2 rings (SSSR count). The Morgan fingerprint density at radius 2 is 1.93 bits per heavy atom. The molecule has 1 fully saturated rings. The quantitative estimate of drug-likeness (QED) is 0.479. The van der Waals surface area contributed by atoms with Gasteiger partial charge in [0.25, 0.3) is 5.91 Å². The molecule has 1 saturated heterocycles. The summed E-state index contributed by atoms with van der Waals surface area (Å²) < 4.78 is 10.8. The average molecular weight is 405 g/mol. The minimum atomic E-state index is -0.854. The van der Waals surface area contributed by atoms with Crippen molar-refractivity contribution < 1.29 is 23.9 Å². The largest absolute Gasteiger partial charge is 0.494 e. The molecular formula is C22H32N2O5. The van der Waals surface area contributed by atoms with Crippen molar-refractivity contribution >= 4 is 17.8 Å². The van der Waals surface area contributed by atoms with Gasteiger partial charge in [0, 0.05) is 18.7 Å². The topological polar surface area (TPSA) is 84.9 Å². The van der Waals surface area contributed by atoms with Gasteiger partial charge in [-0.2, -0.15) is 0 Å². The van der Waals surface area contributed by atoms with Crippen molar-refractivity contribution in [2.45, 2.75) is 52.5 Å². The van der Waals surface area contributed by atoms with Crippen LogP contribution in [0.2, 0.25) is 0 Å². The molecule has 1 aromatic rings. The fourth-order valence-corrected chi connectivity index (χ4v) is 2.98. The first-order valence-electron chi connectivity index (χ1n) is 10.4. The van der Waals surface area contributed by atoms with Crippen LogP contribution in [-0.2, 0) is 14.3 Å². The van der Waals surface area contributed by atoms with E-state index in [2.05, 4.69) is 19.2 Å². The minimum absolute atomic E-state index is 0.141. The number of ether oxygens (including phenoxy) is 2. The summed E-state index contributed by atoms with van der Waals surface area (Å²) in [5.41, 5.74) is 0.459. The molecule has 0 unspecified atom stereocenters. The minimum Gasteiger partial charge on any atom is -0.494 e. The predicted molar refractivity (Wildman–Crippen MR) is 110 cm³/mol. The van der Waals surface area contributed by atoms with Crippen LogP contribution in [0.5, 0.6) is 5.75 Å². The molecule has 1 aromatic carbocycles. The number of unbranched alkanes of at least 4 members (excludes halogenated alkanes) is 1. The van der Waals surface area contributed by atoms with Gasteiger partial charge in [0.1, 0.15) is 11.8 Å². The highest BCUT2D eigenvalue weighted by Gasteiger charge is 2.35. The molecule has 0 spiro atoms. The molecule has 7 nitrogen and oxygen atoms in total. The van der Waals surface area contributed by atoms with Gasteiger partial charge in [-0.25, -0.2) is 0 Å². The number of hydrogen-bond acceptors (Lipinski definition) is 5. The second kappa shape index (κ2) is 11.4. The van der Waals surface area contributed by atoms with Gasteiger partial charge in [-0.05, 0) is 43.0 Å². The highest BCUT2D eigenvalue weighted by Crippen LogP contribution is 2.18. The van der Waals surface area contributed by atoms with Crippen molar-refractivity contribution in [3.63, 3.8) is 0 Å². The predicted octanol–water partition coefficient (Wildman–Crippen LogP) is 2.79. The lowest BCUT2D eigenvalue weighted by molar-refractivity contribution is -0.147. The van der Waals surface area contributed by atoms with E-state index in [9.17, 15) is 14.4 Å². The zero-order valence-corrected chi connectivity index (χ0v) is 17.6. The normalized spacial score (nSPS) is 16.5. The summed E-state index contributed by atoms with van der Waals surface area (Å²) in [6, 6.07) is 6.04. The van der Waals surface area contributed by atoms with Crippen molar-refractivity contribution in [2.24, 2.45) is 5.92 Å². The van der Waals surface area contributed by atoms with Gasteiger partial charge in [-0.3, -0.25) is 14.4 Å². The van der Waals surface area contributed by atoms with Crippen LogP contribution in [0.25, 0.3) is 0 Å². The number of carbonyl (C=O) groups is 3. The smallest absolute Gasteiger partial charge is 0.308 e. The number of nitrogens with zero attached hydrogens (tertiary/aromatic N) is 1. The van der Waals surface area contributed by atoms with Crippen LogP contribution in [0.3, 0.4) is 0 Å². The summed E-state index contributed by atoms with van der Waals surface area (Å²) in [4.78, 5) is 38.8. The molecule has 0 aromatic heterocycles. The van der Waals surface area contributed by atoms with Crippen LogP contribution in [0.1, 0.15) is 56.8 Å². The SMILES string of the molecule is CCCCOC(=O)C[C@@H]1C(=O)NCCN1C(=O)c1ccc(OCCC(C)C)cc1. The van der Waals surface area contributed by atoms with Crippen LogP contribution in [0.4, 0.5) is 0 Å². The summed E-state index contributed by atoms with van der Waals surface area (Å²) >= 11 is 0. The Kier molecular flexibility index (Phi) is 8.96. The van der Waals surface area contributed by atoms with Gasteiger partial charge < -0.3 is 19.7 Å². The summed E-state index contributed by atoms with van der Waals surface area (Å²) in [5, 5.41) is 2.72. The lowest BCUT2D eigenvalue weighted by Crippen LogP contribution is -2.57. The first-order valence-corrected chi connectivity index (χ1v) is 10.4. The number of hydrogen-bond donors (Lipinski definition) is 1. The molecule has 7 heteroatoms. The van der Waals surface area contributed by atoms with Gasteiger partial charge in [-0.1, -0.05) is 27.2 Å². The number of rotatable bonds is 10. The molecule has 160 valence electrons. The molecule has 0 saturated carbocycles. The third-order valence-corrected chi connectivity index (χ3v) is 4.78. The van der Waals surface area contributed by atoms with Gasteiger partial charge >= 0.3 is 5.97 Å². The van der Waals surface area contributed by atoms with Crippen LogP contribution >= 0.6 is 0 Å². The zero-order chi connectivity index (χ0) is 21.2. The highest BCUT2D eigenvalue weighted by molar-refractivity contribution is 5.99. The Balaban J connectivity index is 2.00. The second-order valence-corrected chi connectivity index (χ2v) is 7.64. The molecule has 1 aliphatic rings. The van der Waals surface area contributed by atoms with Crippen LogP contribution in [-0.4, -0.2) is 55.0 Å². The first kappa shape index (κ1) is 22.7. The Morgan fingerprint density at radius 3 is 2.59 bits per heavy atom. The maximum Gasteiger partial charge on any atom is 0.308 e. The van der Waals surface area contributed by atoms with Crippen molar-refractivity contribution in [3.05, 3.63) is 29.8 Å². The fourth-order valence-electron chi connectivity index (χ4n) is 2.98. The number of esters is 1. The molecule has 0 aliphatic carbocycles. The van der Waals surface area contributed by atoms with E-state index in [0.29, 0.717) is 43.5 Å². The Morgan fingerprint density at radius 1 is 1.21 bits per heavy atom. The van der Waals surface area contributed by atoms with Crippen molar-refractivity contribution in [1.29, 1.82) is 0 Å². The summed E-state index contributed by atoms with van der Waals surface area (Å²) in [6.07, 6.45) is 2.51. The third kappa shape index (κ3) is 7.07. The maximum absolute atomic E-state index is 13.0. The molecule has 1 heterocycles. The second-order valence-electron chi connectivity index (χ2n) is 7.64. The third-order valence-electron chi connectivity index (χ3n) is 4.78. The van der Waals surface area contributed by atoms with E-state index < -0.39 is 12.0 Å². The number of piperazine rings is 1. The van der Waals surface area contributed by atoms with E-state index in [4.69, 9.17) is 9.47 Å². The molecule has 0 radical (unpaired) electrons. The van der Waals surface area contributed by atoms with Gasteiger partial charge in [0.05, 0.1) is 19.6 Å². The van der Waals surface area contributed by atoms with Crippen molar-refractivity contribution in [3.8, 4) is 5.75 Å². The summed E-state index contributed by atoms with van der Waals surface area (Å²) in [5.74, 6) is 0.194. The van der Waals surface area contributed by atoms with E-state index in [1.165, 1.54) is 4.90 Å². The Bertz CT molecular complexity index is 687. The van der Waals surface area contributed by atoms with Crippen LogP contribution < -0.4 is 10.1 Å². The van der Waals surface area contributed by atoms with Gasteiger partial charge in [-0.15, -0.1) is 0 Å². The lowest BCUT2D eigenvalue weighted by Gasteiger charge is -2.34. The Hall–Kier alpha value is -2.57. The molecular weight excluding hydrogens is 372 g/mol. The number of carbonyl (C=O) groups excluding carboxylic acids is 3. The van der Waals surface area contributed by atoms with E-state index in [0.717, 1.165) is 19.3 Å². The average Bonchev–Trinajstić information content (AvgIpc) is 2.69. The van der Waals surface area contributed by atoms with E-state index in [1.807, 2.05) is 6.92 Å². The monoisotopic (exact) mass is 404 g/mol. The molecule has 29 heavy (non-hydrogen) atoms. The number of benzene rings is 1. The number of amides is 2. The zero-order valence-electron chi connectivity index (χ0n) is 17.6. The molecule has 1 aliphatic heterocycles. The van der Waals surface area contributed by atoms with Gasteiger partial charge in [0.15, 0.2) is 0 Å². The highest BCUT2D eigenvalue weighted by atomic mass is 16.5. The lowest BCUT2D eigenvalue weighted by atomic mass is 10.1. The van der Waals surface area contributed by atoms with E-state index in [-0.39, 0.29) is 18.2 Å². The first-order chi connectivity index (χ1) is 13.9. The fraction of sp³-hybridized carbons (Fsp3) is 0.591. The Labute approximate surface area is 172 Å². The molecule has 1 atom stereocenters. The maximum atomic E-state index is 13.0. The molecule has 1 N–H and O–H groups in total. The van der Waals surface area contributed by atoms with Crippen LogP contribution in [0.15, 0.2) is 24.3 Å². The van der Waals surface area contributed by atoms with E-state index in [1.54, 1.807) is 24.3 Å². The molecule has 0 bridgehead atoms. The van der Waals surface area contributed by atoms with Crippen LogP contribution in [0, 0.1) is 5.92 Å². The van der Waals surface area contributed by atoms with E-state index >= 15 is 0 Å². The standard InChI is InChI=1S/C22H32N2O5/c1-4-5-13-29-20(25)15-19-21(26)23-11-12-24(19)22(27)17-6-8-18(9-7-17)28-14-10-16(2)3/h6-9,16,19H,4-5,10-15H2,1-3H3,(H,23,26)/t19-/m1/s1. The summed E-state index contributed by atoms with van der Waals surface area (Å²) in [7, 11) is 0. The van der Waals surface area contributed by atoms with Gasteiger partial charge in [0.2, 0.25) is 5.91 Å². The van der Waals surface area contributed by atoms with Crippen molar-refractivity contribution in [2.75, 3.05) is 26.3 Å². The number of nitrogens with one attached hydrogen (secondary N) is 1. The summed E-state index contributed by atoms with van der Waals surface area (Å²) in [6.45, 7) is 7.94. The molecule has 2 amide bonds.